The van der Waals surface area contributed by atoms with Crippen molar-refractivity contribution in [2.75, 3.05) is 6.61 Å². The second kappa shape index (κ2) is 16.3. The molecule has 0 aliphatic heterocycles. The maximum atomic E-state index is 10.6. The molecule has 2 aromatic rings. The zero-order valence-electron chi connectivity index (χ0n) is 21.8. The van der Waals surface area contributed by atoms with Crippen LogP contribution in [0.5, 0.6) is 5.75 Å². The molecule has 0 aromatic heterocycles. The molecule has 2 unspecified atom stereocenters. The number of aryl methyl sites for hydroxylation is 2. The molecule has 0 amide bonds. The molecule has 2 rings (SSSR count). The first-order valence-corrected chi connectivity index (χ1v) is 13.4. The fourth-order valence-corrected chi connectivity index (χ4v) is 4.49. The number of halogens is 2. The molecule has 5 nitrogen and oxygen atoms in total. The molecule has 202 valence electrons. The third-order valence-corrected chi connectivity index (χ3v) is 7.20. The van der Waals surface area contributed by atoms with Crippen LogP contribution < -0.4 is 4.74 Å². The summed E-state index contributed by atoms with van der Waals surface area (Å²) < 4.78 is 5.55. The zero-order valence-corrected chi connectivity index (χ0v) is 23.3. The molecule has 0 saturated carbocycles. The Kier molecular flexibility index (Phi) is 15.1. The van der Waals surface area contributed by atoms with Gasteiger partial charge in [-0.1, -0.05) is 69.1 Å². The van der Waals surface area contributed by atoms with Gasteiger partial charge in [-0.15, -0.1) is 0 Å². The maximum absolute atomic E-state index is 10.6. The van der Waals surface area contributed by atoms with Crippen LogP contribution in [0.25, 0.3) is 0 Å². The zero-order chi connectivity index (χ0) is 26.9. The van der Waals surface area contributed by atoms with Crippen molar-refractivity contribution in [2.24, 2.45) is 5.41 Å². The molecule has 0 aliphatic rings. The van der Waals surface area contributed by atoms with Crippen LogP contribution in [0, 0.1) is 5.41 Å². The molecule has 8 heteroatoms. The number of aliphatic carboxylic acids is 1. The van der Waals surface area contributed by atoms with Crippen molar-refractivity contribution >= 4 is 58.7 Å². The fraction of sp³-hybridized carbons (Fsp3) is 0.552. The summed E-state index contributed by atoms with van der Waals surface area (Å²) >= 11 is 12.9. The molecule has 0 aliphatic carbocycles. The van der Waals surface area contributed by atoms with E-state index in [2.05, 4.69) is 25.1 Å². The number of carbonyl (C=O) groups is 1. The third-order valence-electron chi connectivity index (χ3n) is 6.55. The average molecular weight is 564 g/mol. The van der Waals surface area contributed by atoms with E-state index in [-0.39, 0.29) is 60.5 Å². The predicted octanol–water partition coefficient (Wildman–Crippen LogP) is 6.42. The monoisotopic (exact) mass is 562 g/mol. The number of carboxylic acid groups (broad SMARTS) is 1. The summed E-state index contributed by atoms with van der Waals surface area (Å²) in [6.45, 7) is 8.33. The molecule has 3 atom stereocenters. The Labute approximate surface area is 253 Å². The molecule has 0 spiro atoms. The van der Waals surface area contributed by atoms with Crippen molar-refractivity contribution in [1.82, 2.24) is 0 Å². The van der Waals surface area contributed by atoms with Gasteiger partial charge in [0.1, 0.15) is 12.4 Å². The van der Waals surface area contributed by atoms with Crippen LogP contribution in [-0.2, 0) is 17.6 Å². The van der Waals surface area contributed by atoms with Crippen LogP contribution in [0.2, 0.25) is 10.0 Å². The Morgan fingerprint density at radius 2 is 1.68 bits per heavy atom. The van der Waals surface area contributed by atoms with E-state index in [1.807, 2.05) is 32.9 Å². The van der Waals surface area contributed by atoms with E-state index >= 15 is 0 Å². The Hall–Kier alpha value is -0.790. The quantitative estimate of drug-likeness (QED) is 0.231. The van der Waals surface area contributed by atoms with Crippen LogP contribution in [0.1, 0.15) is 82.4 Å². The number of rotatable bonds is 14. The van der Waals surface area contributed by atoms with Crippen molar-refractivity contribution in [3.05, 3.63) is 63.1 Å². The molecule has 0 bridgehead atoms. The molecule has 37 heavy (non-hydrogen) atoms. The summed E-state index contributed by atoms with van der Waals surface area (Å²) in [5.41, 5.74) is 3.26. The van der Waals surface area contributed by atoms with E-state index in [1.165, 1.54) is 5.56 Å². The summed E-state index contributed by atoms with van der Waals surface area (Å²) in [5, 5.41) is 30.1. The average Bonchev–Trinajstić information content (AvgIpc) is 2.80. The Morgan fingerprint density at radius 1 is 0.973 bits per heavy atom. The van der Waals surface area contributed by atoms with E-state index < -0.39 is 12.1 Å². The molecular formula is C29H41Cl2NaO5. The second-order valence-electron chi connectivity index (χ2n) is 10.7. The summed E-state index contributed by atoms with van der Waals surface area (Å²) in [6.07, 6.45) is 3.14. The van der Waals surface area contributed by atoms with E-state index in [1.54, 1.807) is 6.07 Å². The summed E-state index contributed by atoms with van der Waals surface area (Å²) in [7, 11) is 0. The molecule has 2 aromatic carbocycles. The van der Waals surface area contributed by atoms with Gasteiger partial charge in [-0.3, -0.25) is 4.79 Å². The minimum atomic E-state index is -0.946. The van der Waals surface area contributed by atoms with Crippen LogP contribution in [0.3, 0.4) is 0 Å². The van der Waals surface area contributed by atoms with Crippen LogP contribution in [0.15, 0.2) is 36.4 Å². The summed E-state index contributed by atoms with van der Waals surface area (Å²) in [6, 6.07) is 11.9. The standard InChI is InChI=1S/C29H40Cl2O5.Na.H/c1-19(22-10-9-21(24(30)17-22)11-14-27(33)29(2,3)4)6-5-7-20-8-13-26(25(31)16-20)36-18-23(32)12-15-28(34)35;;/h8-10,13,16-17,19,23,27,32-33H,5-7,11-12,14-15,18H2,1-4H3,(H,34,35);;/t19?,23-,27?;;/m1../s1. The van der Waals surface area contributed by atoms with E-state index in [9.17, 15) is 15.0 Å². The number of aliphatic hydroxyl groups excluding tert-OH is 2. The van der Waals surface area contributed by atoms with Crippen LogP contribution >= 0.6 is 23.2 Å². The molecule has 0 heterocycles. The van der Waals surface area contributed by atoms with Gasteiger partial charge in [0.05, 0.1) is 17.2 Å². The number of carboxylic acids is 1. The van der Waals surface area contributed by atoms with Crippen LogP contribution in [0.4, 0.5) is 0 Å². The summed E-state index contributed by atoms with van der Waals surface area (Å²) in [4.78, 5) is 10.6. The molecule has 0 fully saturated rings. The molecular weight excluding hydrogens is 522 g/mol. The van der Waals surface area contributed by atoms with Crippen molar-refractivity contribution in [2.45, 2.75) is 90.8 Å². The number of aliphatic hydroxyl groups is 2. The first-order valence-electron chi connectivity index (χ1n) is 12.6. The predicted molar refractivity (Wildman–Crippen MR) is 154 cm³/mol. The molecule has 0 radical (unpaired) electrons. The second-order valence-corrected chi connectivity index (χ2v) is 11.5. The summed E-state index contributed by atoms with van der Waals surface area (Å²) in [5.74, 6) is -0.104. The van der Waals surface area contributed by atoms with E-state index in [4.69, 9.17) is 33.0 Å². The van der Waals surface area contributed by atoms with Gasteiger partial charge in [-0.2, -0.15) is 0 Å². The van der Waals surface area contributed by atoms with Crippen molar-refractivity contribution in [1.29, 1.82) is 0 Å². The Bertz CT molecular complexity index is 993. The first kappa shape index (κ1) is 34.2. The normalized spacial score (nSPS) is 13.9. The molecule has 0 saturated heterocycles. The van der Waals surface area contributed by atoms with Gasteiger partial charge in [0.2, 0.25) is 0 Å². The van der Waals surface area contributed by atoms with Crippen molar-refractivity contribution < 1.29 is 24.9 Å². The third kappa shape index (κ3) is 12.3. The van der Waals surface area contributed by atoms with Gasteiger partial charge in [-0.25, -0.2) is 0 Å². The fourth-order valence-electron chi connectivity index (χ4n) is 3.95. The van der Waals surface area contributed by atoms with Gasteiger partial charge in [0.25, 0.3) is 0 Å². The first-order chi connectivity index (χ1) is 16.9. The number of hydrogen-bond donors (Lipinski definition) is 3. The van der Waals surface area contributed by atoms with Crippen molar-refractivity contribution in [3.8, 4) is 5.75 Å². The minimum absolute atomic E-state index is 0. The van der Waals surface area contributed by atoms with Crippen LogP contribution in [-0.4, -0.2) is 69.7 Å². The van der Waals surface area contributed by atoms with E-state index in [0.717, 1.165) is 41.8 Å². The van der Waals surface area contributed by atoms with Gasteiger partial charge in [0, 0.05) is 11.4 Å². The van der Waals surface area contributed by atoms with Gasteiger partial charge < -0.3 is 20.1 Å². The van der Waals surface area contributed by atoms with Crippen molar-refractivity contribution in [3.63, 3.8) is 0 Å². The number of benzene rings is 2. The molecule has 3 N–H and O–H groups in total. The van der Waals surface area contributed by atoms with Gasteiger partial charge in [0.15, 0.2) is 0 Å². The van der Waals surface area contributed by atoms with Gasteiger partial charge in [-0.05, 0) is 84.7 Å². The Balaban J connectivity index is 0.00000684. The number of hydrogen-bond acceptors (Lipinski definition) is 4. The van der Waals surface area contributed by atoms with Gasteiger partial charge >= 0.3 is 35.5 Å². The van der Waals surface area contributed by atoms with E-state index in [0.29, 0.717) is 23.1 Å². The Morgan fingerprint density at radius 3 is 2.27 bits per heavy atom. The SMILES string of the molecule is CC(CCCc1ccc(OC[C@H](O)CCC(=O)O)c(Cl)c1)c1ccc(CCC(O)C(C)(C)C)c(Cl)c1.[NaH]. The topological polar surface area (TPSA) is 87.0 Å². The number of ether oxygens (including phenoxy) is 1.